The molecular formula is C26H25N5O3. The molecule has 2 N–H and O–H groups in total. The fraction of sp³-hybridized carbons (Fsp3) is 0.192. The van der Waals surface area contributed by atoms with Crippen LogP contribution in [0.15, 0.2) is 67.0 Å². The molecule has 0 saturated carbocycles. The topological polar surface area (TPSA) is 101 Å². The summed E-state index contributed by atoms with van der Waals surface area (Å²) in [6.07, 6.45) is 3.51. The zero-order chi connectivity index (χ0) is 23.9. The van der Waals surface area contributed by atoms with Gasteiger partial charge in [0.05, 0.1) is 47.9 Å². The number of nitrogens with zero attached hydrogens (tertiary/aromatic N) is 3. The van der Waals surface area contributed by atoms with E-state index in [1.807, 2.05) is 68.4 Å². The smallest absolute Gasteiger partial charge is 0.226 e. The first kappa shape index (κ1) is 22.8. The van der Waals surface area contributed by atoms with Crippen LogP contribution in [0.1, 0.15) is 24.5 Å². The van der Waals surface area contributed by atoms with Gasteiger partial charge in [-0.05, 0) is 50.2 Å². The van der Waals surface area contributed by atoms with E-state index in [2.05, 4.69) is 21.8 Å². The van der Waals surface area contributed by atoms with Crippen molar-refractivity contribution in [1.29, 1.82) is 5.26 Å². The van der Waals surface area contributed by atoms with E-state index in [0.717, 1.165) is 17.0 Å². The number of nitrogens with one attached hydrogen (secondary N) is 2. The molecule has 0 saturated heterocycles. The van der Waals surface area contributed by atoms with Crippen molar-refractivity contribution in [3.05, 3.63) is 78.1 Å². The molecule has 0 bridgehead atoms. The highest BCUT2D eigenvalue weighted by Gasteiger charge is 2.17. The van der Waals surface area contributed by atoms with E-state index in [9.17, 15) is 10.1 Å². The molecule has 8 heteroatoms. The Hall–Kier alpha value is -4.35. The Kier molecular flexibility index (Phi) is 7.06. The van der Waals surface area contributed by atoms with Gasteiger partial charge in [0.1, 0.15) is 17.6 Å². The van der Waals surface area contributed by atoms with Gasteiger partial charge in [0, 0.05) is 17.9 Å². The number of rotatable bonds is 9. The Labute approximate surface area is 197 Å². The highest BCUT2D eigenvalue weighted by Crippen LogP contribution is 2.33. The number of benzene rings is 2. The molecule has 0 atom stereocenters. The minimum absolute atomic E-state index is 0.142. The number of fused-ring (bicyclic) bond motifs is 1. The van der Waals surface area contributed by atoms with Crippen molar-refractivity contribution in [3.8, 4) is 17.6 Å². The quantitative estimate of drug-likeness (QED) is 0.327. The molecule has 0 aliphatic heterocycles. The standard InChI is InChI=1S/C26H25N5O3/c1-3-33-14-13-24(32)30-23-17-31-26(18(23)2)25(19(15-27)16-28-31)29-20-9-11-22(12-10-20)34-21-7-5-4-6-8-21/h4-12,16-17,29H,3,13-14H2,1-2H3,(H,30,32). The van der Waals surface area contributed by atoms with Gasteiger partial charge in [-0.2, -0.15) is 10.4 Å². The summed E-state index contributed by atoms with van der Waals surface area (Å²) in [5, 5.41) is 20.3. The van der Waals surface area contributed by atoms with Crippen LogP contribution in [0.2, 0.25) is 0 Å². The van der Waals surface area contributed by atoms with Gasteiger partial charge in [-0.15, -0.1) is 0 Å². The molecule has 0 radical (unpaired) electrons. The molecular weight excluding hydrogens is 430 g/mol. The summed E-state index contributed by atoms with van der Waals surface area (Å²) >= 11 is 0. The molecule has 0 aliphatic rings. The molecule has 4 aromatic rings. The average Bonchev–Trinajstić information content (AvgIpc) is 3.16. The van der Waals surface area contributed by atoms with Crippen LogP contribution in [-0.4, -0.2) is 28.7 Å². The summed E-state index contributed by atoms with van der Waals surface area (Å²) in [5.74, 6) is 1.31. The van der Waals surface area contributed by atoms with Crippen LogP contribution in [0.25, 0.3) is 5.52 Å². The SMILES string of the molecule is CCOCCC(=O)Nc1cn2ncc(C#N)c(Nc3ccc(Oc4ccccc4)cc3)c2c1C. The zero-order valence-corrected chi connectivity index (χ0v) is 19.0. The summed E-state index contributed by atoms with van der Waals surface area (Å²) in [7, 11) is 0. The fourth-order valence-corrected chi connectivity index (χ4v) is 3.52. The first-order valence-electron chi connectivity index (χ1n) is 11.0. The number of hydrogen-bond acceptors (Lipinski definition) is 6. The molecule has 172 valence electrons. The van der Waals surface area contributed by atoms with E-state index in [1.165, 1.54) is 6.20 Å². The van der Waals surface area contributed by atoms with Gasteiger partial charge in [0.25, 0.3) is 0 Å². The molecule has 0 spiro atoms. The van der Waals surface area contributed by atoms with Crippen LogP contribution in [0, 0.1) is 18.3 Å². The van der Waals surface area contributed by atoms with Gasteiger partial charge in [-0.1, -0.05) is 18.2 Å². The lowest BCUT2D eigenvalue weighted by Gasteiger charge is -2.12. The molecule has 34 heavy (non-hydrogen) atoms. The Bertz CT molecular complexity index is 1320. The Morgan fingerprint density at radius 1 is 1.12 bits per heavy atom. The maximum absolute atomic E-state index is 12.3. The number of nitriles is 1. The van der Waals surface area contributed by atoms with E-state index in [4.69, 9.17) is 9.47 Å². The van der Waals surface area contributed by atoms with Gasteiger partial charge in [-0.3, -0.25) is 4.79 Å². The lowest BCUT2D eigenvalue weighted by Crippen LogP contribution is -2.14. The number of aromatic nitrogens is 2. The number of hydrogen-bond donors (Lipinski definition) is 2. The van der Waals surface area contributed by atoms with Crippen molar-refractivity contribution in [2.24, 2.45) is 0 Å². The molecule has 0 fully saturated rings. The van der Waals surface area contributed by atoms with Crippen LogP contribution in [0.3, 0.4) is 0 Å². The molecule has 2 heterocycles. The van der Waals surface area contributed by atoms with Crippen LogP contribution in [-0.2, 0) is 9.53 Å². The third kappa shape index (κ3) is 5.17. The van der Waals surface area contributed by atoms with Crippen LogP contribution < -0.4 is 15.4 Å². The summed E-state index contributed by atoms with van der Waals surface area (Å²) in [6, 6.07) is 19.2. The number of anilines is 3. The van der Waals surface area contributed by atoms with Gasteiger partial charge in [0.15, 0.2) is 0 Å². The van der Waals surface area contributed by atoms with E-state index in [-0.39, 0.29) is 12.3 Å². The molecule has 4 rings (SSSR count). The maximum atomic E-state index is 12.3. The average molecular weight is 456 g/mol. The Morgan fingerprint density at radius 3 is 2.56 bits per heavy atom. The third-order valence-electron chi connectivity index (χ3n) is 5.23. The number of carbonyl (C=O) groups excluding carboxylic acids is 1. The number of carbonyl (C=O) groups is 1. The third-order valence-corrected chi connectivity index (χ3v) is 5.23. The highest BCUT2D eigenvalue weighted by atomic mass is 16.5. The predicted octanol–water partition coefficient (Wildman–Crippen LogP) is 5.42. The Balaban J connectivity index is 1.58. The summed E-state index contributed by atoms with van der Waals surface area (Å²) < 4.78 is 12.8. The van der Waals surface area contributed by atoms with E-state index in [1.54, 1.807) is 10.7 Å². The first-order chi connectivity index (χ1) is 16.6. The van der Waals surface area contributed by atoms with Crippen molar-refractivity contribution in [2.45, 2.75) is 20.3 Å². The highest BCUT2D eigenvalue weighted by molar-refractivity contribution is 5.95. The van der Waals surface area contributed by atoms with Crippen molar-refractivity contribution < 1.29 is 14.3 Å². The van der Waals surface area contributed by atoms with E-state index < -0.39 is 0 Å². The van der Waals surface area contributed by atoms with Crippen LogP contribution >= 0.6 is 0 Å². The summed E-state index contributed by atoms with van der Waals surface area (Å²) in [5.41, 5.74) is 3.95. The van der Waals surface area contributed by atoms with E-state index in [0.29, 0.717) is 41.4 Å². The fourth-order valence-electron chi connectivity index (χ4n) is 3.52. The van der Waals surface area contributed by atoms with Crippen molar-refractivity contribution >= 4 is 28.5 Å². The second-order valence-corrected chi connectivity index (χ2v) is 7.57. The summed E-state index contributed by atoms with van der Waals surface area (Å²) in [6.45, 7) is 4.71. The van der Waals surface area contributed by atoms with Gasteiger partial charge in [-0.25, -0.2) is 4.52 Å². The van der Waals surface area contributed by atoms with Crippen molar-refractivity contribution in [1.82, 2.24) is 9.61 Å². The van der Waals surface area contributed by atoms with Crippen LogP contribution in [0.5, 0.6) is 11.5 Å². The number of para-hydroxylation sites is 1. The lowest BCUT2D eigenvalue weighted by molar-refractivity contribution is -0.117. The molecule has 2 aromatic carbocycles. The van der Waals surface area contributed by atoms with E-state index >= 15 is 0 Å². The number of amides is 1. The number of ether oxygens (including phenoxy) is 2. The van der Waals surface area contributed by atoms with Gasteiger partial charge < -0.3 is 20.1 Å². The second-order valence-electron chi connectivity index (χ2n) is 7.57. The van der Waals surface area contributed by atoms with Gasteiger partial charge in [0.2, 0.25) is 5.91 Å². The number of aryl methyl sites for hydroxylation is 1. The Morgan fingerprint density at radius 2 is 1.85 bits per heavy atom. The maximum Gasteiger partial charge on any atom is 0.226 e. The normalized spacial score (nSPS) is 10.6. The van der Waals surface area contributed by atoms with Crippen molar-refractivity contribution in [3.63, 3.8) is 0 Å². The minimum atomic E-state index is -0.142. The monoisotopic (exact) mass is 455 g/mol. The second kappa shape index (κ2) is 10.5. The zero-order valence-electron chi connectivity index (χ0n) is 19.0. The predicted molar refractivity (Wildman–Crippen MR) is 131 cm³/mol. The minimum Gasteiger partial charge on any atom is -0.457 e. The largest absolute Gasteiger partial charge is 0.457 e. The first-order valence-corrected chi connectivity index (χ1v) is 11.0. The molecule has 0 unspecified atom stereocenters. The molecule has 2 aromatic heterocycles. The van der Waals surface area contributed by atoms with Crippen LogP contribution in [0.4, 0.5) is 17.1 Å². The summed E-state index contributed by atoms with van der Waals surface area (Å²) in [4.78, 5) is 12.3. The molecule has 1 amide bonds. The van der Waals surface area contributed by atoms with Crippen molar-refractivity contribution in [2.75, 3.05) is 23.8 Å². The lowest BCUT2D eigenvalue weighted by atomic mass is 10.1. The molecule has 0 aliphatic carbocycles. The molecule has 8 nitrogen and oxygen atoms in total. The van der Waals surface area contributed by atoms with Gasteiger partial charge >= 0.3 is 0 Å².